The summed E-state index contributed by atoms with van der Waals surface area (Å²) in [4.78, 5) is 9.58. The molecule has 1 aromatic rings. The van der Waals surface area contributed by atoms with E-state index in [-0.39, 0.29) is 5.60 Å². The Hall–Kier alpha value is -0.430. The van der Waals surface area contributed by atoms with E-state index in [0.717, 1.165) is 46.7 Å². The van der Waals surface area contributed by atoms with Gasteiger partial charge in [-0.05, 0) is 61.1 Å². The number of nitrogens with one attached hydrogen (secondary N) is 1. The summed E-state index contributed by atoms with van der Waals surface area (Å²) in [5.41, 5.74) is 0.894. The van der Waals surface area contributed by atoms with Gasteiger partial charge in [0.15, 0.2) is 5.82 Å². The van der Waals surface area contributed by atoms with Crippen molar-refractivity contribution >= 4 is 28.4 Å². The van der Waals surface area contributed by atoms with E-state index in [2.05, 4.69) is 48.7 Å². The van der Waals surface area contributed by atoms with Crippen molar-refractivity contribution in [3.63, 3.8) is 0 Å². The van der Waals surface area contributed by atoms with Crippen LogP contribution in [-0.4, -0.2) is 23.6 Å². The van der Waals surface area contributed by atoms with Gasteiger partial charge in [-0.3, -0.25) is 0 Å². The molecule has 0 amide bonds. The molecule has 1 heterocycles. The Morgan fingerprint density at radius 2 is 2.05 bits per heavy atom. The first kappa shape index (κ1) is 15.9. The van der Waals surface area contributed by atoms with Crippen LogP contribution < -0.4 is 5.32 Å². The monoisotopic (exact) mass is 389 g/mol. The highest BCUT2D eigenvalue weighted by atomic mass is 127. The molecule has 0 spiro atoms. The van der Waals surface area contributed by atoms with Crippen molar-refractivity contribution in [2.24, 2.45) is 5.92 Å². The van der Waals surface area contributed by atoms with Crippen LogP contribution in [0.3, 0.4) is 0 Å². The maximum absolute atomic E-state index is 5.74. The molecular formula is C15H24IN3O. The van der Waals surface area contributed by atoms with E-state index in [1.54, 1.807) is 7.11 Å². The van der Waals surface area contributed by atoms with Crippen LogP contribution in [0.1, 0.15) is 51.6 Å². The van der Waals surface area contributed by atoms with E-state index in [9.17, 15) is 0 Å². The van der Waals surface area contributed by atoms with Crippen molar-refractivity contribution in [1.82, 2.24) is 9.97 Å². The zero-order valence-corrected chi connectivity index (χ0v) is 15.0. The van der Waals surface area contributed by atoms with Crippen molar-refractivity contribution in [3.05, 3.63) is 15.1 Å². The Labute approximate surface area is 135 Å². The molecule has 0 bridgehead atoms. The predicted molar refractivity (Wildman–Crippen MR) is 90.0 cm³/mol. The molecule has 0 atom stereocenters. The summed E-state index contributed by atoms with van der Waals surface area (Å²) in [6.07, 6.45) is 4.22. The Morgan fingerprint density at radius 1 is 1.35 bits per heavy atom. The minimum atomic E-state index is -0.250. The minimum Gasteiger partial charge on any atom is -0.370 e. The van der Waals surface area contributed by atoms with Crippen LogP contribution in [0, 0.1) is 9.49 Å². The second kappa shape index (κ2) is 6.56. The number of ether oxygens (including phenoxy) is 1. The molecule has 1 aliphatic carbocycles. The summed E-state index contributed by atoms with van der Waals surface area (Å²) in [7, 11) is 1.77. The highest BCUT2D eigenvalue weighted by Crippen LogP contribution is 2.43. The molecule has 1 N–H and O–H groups in total. The van der Waals surface area contributed by atoms with Crippen LogP contribution in [0.2, 0.25) is 0 Å². The fourth-order valence-electron chi connectivity index (χ4n) is 2.52. The third-order valence-corrected chi connectivity index (χ3v) is 4.96. The molecule has 0 aliphatic heterocycles. The number of aromatic nitrogens is 2. The maximum Gasteiger partial charge on any atom is 0.162 e. The molecule has 20 heavy (non-hydrogen) atoms. The smallest absolute Gasteiger partial charge is 0.162 e. The van der Waals surface area contributed by atoms with Gasteiger partial charge >= 0.3 is 0 Å². The molecule has 0 radical (unpaired) electrons. The zero-order chi connectivity index (χ0) is 14.8. The maximum atomic E-state index is 5.74. The minimum absolute atomic E-state index is 0.250. The van der Waals surface area contributed by atoms with Crippen LogP contribution in [0.5, 0.6) is 0 Å². The summed E-state index contributed by atoms with van der Waals surface area (Å²) in [5.74, 6) is 2.40. The summed E-state index contributed by atoms with van der Waals surface area (Å²) in [6.45, 7) is 7.41. The molecule has 0 unspecified atom stereocenters. The van der Waals surface area contributed by atoms with Gasteiger partial charge in [0.2, 0.25) is 0 Å². The summed E-state index contributed by atoms with van der Waals surface area (Å²) < 4.78 is 6.88. The Bertz CT molecular complexity index is 467. The zero-order valence-electron chi connectivity index (χ0n) is 12.8. The van der Waals surface area contributed by atoms with Gasteiger partial charge < -0.3 is 10.1 Å². The number of halogens is 1. The van der Waals surface area contributed by atoms with E-state index in [4.69, 9.17) is 14.7 Å². The van der Waals surface area contributed by atoms with Crippen LogP contribution >= 0.6 is 22.6 Å². The average molecular weight is 389 g/mol. The van der Waals surface area contributed by atoms with Gasteiger partial charge in [0.25, 0.3) is 0 Å². The first-order chi connectivity index (χ1) is 9.52. The second-order valence-electron chi connectivity index (χ2n) is 5.84. The molecule has 0 saturated heterocycles. The molecule has 1 saturated carbocycles. The first-order valence-electron chi connectivity index (χ1n) is 7.38. The number of hydrogen-bond acceptors (Lipinski definition) is 4. The fourth-order valence-corrected chi connectivity index (χ4v) is 3.17. The number of rotatable bonds is 6. The third-order valence-electron chi connectivity index (χ3n) is 3.83. The standard InChI is InChI=1S/C15H24IN3O/c1-5-17-13-12(16)11(9-10(2)3)18-14(19-13)15(20-4)7-6-8-15/h10H,5-9H2,1-4H3,(H,17,18,19). The quantitative estimate of drug-likeness (QED) is 0.754. The molecule has 112 valence electrons. The molecule has 0 aromatic carbocycles. The van der Waals surface area contributed by atoms with Crippen LogP contribution in [0.4, 0.5) is 5.82 Å². The molecular weight excluding hydrogens is 365 g/mol. The van der Waals surface area contributed by atoms with Crippen molar-refractivity contribution in [3.8, 4) is 0 Å². The lowest BCUT2D eigenvalue weighted by atomic mass is 9.79. The van der Waals surface area contributed by atoms with Gasteiger partial charge in [0.05, 0.1) is 9.26 Å². The van der Waals surface area contributed by atoms with Gasteiger partial charge in [-0.25, -0.2) is 9.97 Å². The fraction of sp³-hybridized carbons (Fsp3) is 0.733. The van der Waals surface area contributed by atoms with Gasteiger partial charge in [-0.1, -0.05) is 13.8 Å². The summed E-state index contributed by atoms with van der Waals surface area (Å²) in [6, 6.07) is 0. The number of anilines is 1. The second-order valence-corrected chi connectivity index (χ2v) is 6.92. The Balaban J connectivity index is 2.43. The lowest BCUT2D eigenvalue weighted by Gasteiger charge is -2.39. The molecule has 5 heteroatoms. The lowest BCUT2D eigenvalue weighted by Crippen LogP contribution is -2.38. The van der Waals surface area contributed by atoms with Gasteiger partial charge in [-0.15, -0.1) is 0 Å². The average Bonchev–Trinajstić information content (AvgIpc) is 2.33. The van der Waals surface area contributed by atoms with E-state index in [1.165, 1.54) is 6.42 Å². The van der Waals surface area contributed by atoms with Crippen LogP contribution in [0.25, 0.3) is 0 Å². The first-order valence-corrected chi connectivity index (χ1v) is 8.46. The molecule has 4 nitrogen and oxygen atoms in total. The Morgan fingerprint density at radius 3 is 2.50 bits per heavy atom. The number of hydrogen-bond donors (Lipinski definition) is 1. The molecule has 1 aromatic heterocycles. The normalized spacial score (nSPS) is 17.1. The molecule has 1 aliphatic rings. The highest BCUT2D eigenvalue weighted by Gasteiger charge is 2.42. The molecule has 2 rings (SSSR count). The Kier molecular flexibility index (Phi) is 5.23. The number of nitrogens with zero attached hydrogens (tertiary/aromatic N) is 2. The number of methoxy groups -OCH3 is 1. The van der Waals surface area contributed by atoms with E-state index in [0.29, 0.717) is 5.92 Å². The summed E-state index contributed by atoms with van der Waals surface area (Å²) >= 11 is 2.36. The highest BCUT2D eigenvalue weighted by molar-refractivity contribution is 14.1. The SMILES string of the molecule is CCNc1nc(C2(OC)CCC2)nc(CC(C)C)c1I. The third kappa shape index (κ3) is 3.08. The van der Waals surface area contributed by atoms with Crippen LogP contribution in [0.15, 0.2) is 0 Å². The van der Waals surface area contributed by atoms with E-state index >= 15 is 0 Å². The van der Waals surface area contributed by atoms with E-state index < -0.39 is 0 Å². The lowest BCUT2D eigenvalue weighted by molar-refractivity contribution is -0.0847. The molecule has 1 fully saturated rings. The largest absolute Gasteiger partial charge is 0.370 e. The topological polar surface area (TPSA) is 47.0 Å². The predicted octanol–water partition coefficient (Wildman–Crippen LogP) is 3.74. The van der Waals surface area contributed by atoms with Crippen molar-refractivity contribution in [2.75, 3.05) is 19.0 Å². The van der Waals surface area contributed by atoms with Gasteiger partial charge in [-0.2, -0.15) is 0 Å². The van der Waals surface area contributed by atoms with Crippen molar-refractivity contribution < 1.29 is 4.74 Å². The van der Waals surface area contributed by atoms with Crippen LogP contribution in [-0.2, 0) is 16.8 Å². The van der Waals surface area contributed by atoms with Crippen molar-refractivity contribution in [1.29, 1.82) is 0 Å². The van der Waals surface area contributed by atoms with Crippen molar-refractivity contribution in [2.45, 2.75) is 52.1 Å². The van der Waals surface area contributed by atoms with Gasteiger partial charge in [0, 0.05) is 13.7 Å². The van der Waals surface area contributed by atoms with E-state index in [1.807, 2.05) is 0 Å². The van der Waals surface area contributed by atoms with Gasteiger partial charge in [0.1, 0.15) is 11.4 Å². The summed E-state index contributed by atoms with van der Waals surface area (Å²) in [5, 5.41) is 3.36.